The molecule has 0 fully saturated rings. The second-order valence-corrected chi connectivity index (χ2v) is 6.57. The highest BCUT2D eigenvalue weighted by Crippen LogP contribution is 2.15. The number of hydrogen-bond acceptors (Lipinski definition) is 3. The molecule has 3 aromatic rings. The highest BCUT2D eigenvalue weighted by molar-refractivity contribution is 5.78. The third-order valence-electron chi connectivity index (χ3n) is 4.59. The van der Waals surface area contributed by atoms with Gasteiger partial charge in [-0.15, -0.1) is 0 Å². The van der Waals surface area contributed by atoms with Crippen molar-refractivity contribution in [3.63, 3.8) is 0 Å². The summed E-state index contributed by atoms with van der Waals surface area (Å²) in [6, 6.07) is 8.09. The third-order valence-corrected chi connectivity index (χ3v) is 4.59. The first-order valence-electron chi connectivity index (χ1n) is 9.37. The summed E-state index contributed by atoms with van der Waals surface area (Å²) < 4.78 is 2.27. The molecule has 0 unspecified atom stereocenters. The minimum absolute atomic E-state index is 0.125. The first-order valence-corrected chi connectivity index (χ1v) is 9.37. The fraction of sp³-hybridized carbons (Fsp3) is 0.381. The van der Waals surface area contributed by atoms with Gasteiger partial charge in [-0.25, -0.2) is 0 Å². The summed E-state index contributed by atoms with van der Waals surface area (Å²) >= 11 is 0. The van der Waals surface area contributed by atoms with E-state index in [9.17, 15) is 4.79 Å². The van der Waals surface area contributed by atoms with Crippen LogP contribution in [0.3, 0.4) is 0 Å². The number of rotatable bonds is 10. The van der Waals surface area contributed by atoms with E-state index in [4.69, 9.17) is 0 Å². The maximum absolute atomic E-state index is 11.8. The molecule has 1 amide bonds. The Bertz CT molecular complexity index is 813. The quantitative estimate of drug-likeness (QED) is 0.567. The molecule has 136 valence electrons. The van der Waals surface area contributed by atoms with Crippen molar-refractivity contribution < 1.29 is 4.79 Å². The number of fused-ring (bicyclic) bond motifs is 1. The van der Waals surface area contributed by atoms with E-state index in [-0.39, 0.29) is 5.91 Å². The van der Waals surface area contributed by atoms with Crippen LogP contribution in [0.25, 0.3) is 10.9 Å². The number of hydrogen-bond donors (Lipinski definition) is 1. The summed E-state index contributed by atoms with van der Waals surface area (Å²) in [6.07, 6.45) is 15.2. The van der Waals surface area contributed by atoms with Crippen LogP contribution in [-0.4, -0.2) is 27.0 Å². The zero-order chi connectivity index (χ0) is 18.0. The minimum Gasteiger partial charge on any atom is -0.356 e. The fourth-order valence-electron chi connectivity index (χ4n) is 3.10. The van der Waals surface area contributed by atoms with Crippen molar-refractivity contribution in [2.24, 2.45) is 0 Å². The molecule has 1 N–H and O–H groups in total. The van der Waals surface area contributed by atoms with Crippen LogP contribution in [0.5, 0.6) is 0 Å². The topological polar surface area (TPSA) is 59.8 Å². The number of unbranched alkanes of at least 4 members (excludes halogenated alkanes) is 3. The maximum Gasteiger partial charge on any atom is 0.220 e. The summed E-state index contributed by atoms with van der Waals surface area (Å²) in [5.74, 6) is 0.125. The minimum atomic E-state index is 0.125. The van der Waals surface area contributed by atoms with E-state index in [1.807, 2.05) is 36.8 Å². The standard InChI is InChI=1S/C21H26N4O/c26-21(8-7-18-6-5-11-22-16-18)24-12-3-1-2-4-14-25-15-10-19-9-13-23-17-20(19)25/h5-6,9-11,13,15-17H,1-4,7-8,12,14H2,(H,24,26). The average molecular weight is 350 g/mol. The van der Waals surface area contributed by atoms with Crippen LogP contribution >= 0.6 is 0 Å². The zero-order valence-electron chi connectivity index (χ0n) is 15.1. The Hall–Kier alpha value is -2.69. The van der Waals surface area contributed by atoms with Crippen molar-refractivity contribution in [1.29, 1.82) is 0 Å². The van der Waals surface area contributed by atoms with Crippen LogP contribution in [0.1, 0.15) is 37.7 Å². The lowest BCUT2D eigenvalue weighted by Crippen LogP contribution is -2.24. The van der Waals surface area contributed by atoms with Crippen molar-refractivity contribution in [3.05, 3.63) is 60.8 Å². The number of amides is 1. The van der Waals surface area contributed by atoms with E-state index < -0.39 is 0 Å². The van der Waals surface area contributed by atoms with Gasteiger partial charge in [0, 0.05) is 49.7 Å². The van der Waals surface area contributed by atoms with E-state index in [1.165, 1.54) is 17.3 Å². The van der Waals surface area contributed by atoms with Gasteiger partial charge in [-0.2, -0.15) is 0 Å². The number of nitrogens with one attached hydrogen (secondary N) is 1. The third kappa shape index (κ3) is 5.41. The van der Waals surface area contributed by atoms with Crippen LogP contribution < -0.4 is 5.32 Å². The molecule has 26 heavy (non-hydrogen) atoms. The number of nitrogens with zero attached hydrogens (tertiary/aromatic N) is 3. The predicted octanol–water partition coefficient (Wildman–Crippen LogP) is 3.74. The Morgan fingerprint density at radius 1 is 1.00 bits per heavy atom. The van der Waals surface area contributed by atoms with Crippen molar-refractivity contribution in [3.8, 4) is 0 Å². The van der Waals surface area contributed by atoms with Gasteiger partial charge >= 0.3 is 0 Å². The number of carbonyl (C=O) groups is 1. The van der Waals surface area contributed by atoms with E-state index >= 15 is 0 Å². The van der Waals surface area contributed by atoms with Crippen molar-refractivity contribution in [1.82, 2.24) is 19.9 Å². The highest BCUT2D eigenvalue weighted by Gasteiger charge is 2.02. The lowest BCUT2D eigenvalue weighted by molar-refractivity contribution is -0.121. The molecule has 0 saturated carbocycles. The Balaban J connectivity index is 1.24. The fourth-order valence-corrected chi connectivity index (χ4v) is 3.10. The molecule has 0 aliphatic carbocycles. The largest absolute Gasteiger partial charge is 0.356 e. The van der Waals surface area contributed by atoms with E-state index in [0.717, 1.165) is 44.3 Å². The Morgan fingerprint density at radius 3 is 2.77 bits per heavy atom. The predicted molar refractivity (Wildman–Crippen MR) is 104 cm³/mol. The molecule has 0 saturated heterocycles. The van der Waals surface area contributed by atoms with Crippen LogP contribution in [-0.2, 0) is 17.8 Å². The summed E-state index contributed by atoms with van der Waals surface area (Å²) in [7, 11) is 0. The number of pyridine rings is 2. The van der Waals surface area contributed by atoms with Crippen LogP contribution in [0, 0.1) is 0 Å². The monoisotopic (exact) mass is 350 g/mol. The van der Waals surface area contributed by atoms with Gasteiger partial charge in [0.1, 0.15) is 0 Å². The van der Waals surface area contributed by atoms with Crippen molar-refractivity contribution in [2.45, 2.75) is 45.1 Å². The highest BCUT2D eigenvalue weighted by atomic mass is 16.1. The molecule has 0 radical (unpaired) electrons. The molecule has 5 nitrogen and oxygen atoms in total. The Morgan fingerprint density at radius 2 is 1.88 bits per heavy atom. The molecule has 0 spiro atoms. The van der Waals surface area contributed by atoms with Gasteiger partial charge in [0.2, 0.25) is 5.91 Å². The average Bonchev–Trinajstić information content (AvgIpc) is 3.10. The first-order chi connectivity index (χ1) is 12.8. The van der Waals surface area contributed by atoms with Gasteiger partial charge in [-0.1, -0.05) is 18.9 Å². The summed E-state index contributed by atoms with van der Waals surface area (Å²) in [5, 5.41) is 4.25. The van der Waals surface area contributed by atoms with Gasteiger partial charge in [0.25, 0.3) is 0 Å². The summed E-state index contributed by atoms with van der Waals surface area (Å²) in [6.45, 7) is 1.79. The molecule has 3 heterocycles. The molecule has 3 rings (SSSR count). The maximum atomic E-state index is 11.8. The molecule has 3 aromatic heterocycles. The van der Waals surface area contributed by atoms with Gasteiger partial charge < -0.3 is 9.88 Å². The second kappa shape index (κ2) is 9.70. The summed E-state index contributed by atoms with van der Waals surface area (Å²) in [5.41, 5.74) is 2.31. The second-order valence-electron chi connectivity index (χ2n) is 6.57. The van der Waals surface area contributed by atoms with Gasteiger partial charge in [-0.05, 0) is 43.0 Å². The normalized spacial score (nSPS) is 10.9. The molecule has 5 heteroatoms. The SMILES string of the molecule is O=C(CCc1cccnc1)NCCCCCCn1ccc2ccncc21. The van der Waals surface area contributed by atoms with E-state index in [1.54, 1.807) is 6.20 Å². The summed E-state index contributed by atoms with van der Waals surface area (Å²) in [4.78, 5) is 20.1. The Labute approximate surface area is 154 Å². The van der Waals surface area contributed by atoms with Crippen LogP contribution in [0.4, 0.5) is 0 Å². The molecule has 0 aliphatic heterocycles. The van der Waals surface area contributed by atoms with Crippen LogP contribution in [0.2, 0.25) is 0 Å². The lowest BCUT2D eigenvalue weighted by Gasteiger charge is -2.07. The molecular formula is C21H26N4O. The molecule has 0 atom stereocenters. The van der Waals surface area contributed by atoms with E-state index in [0.29, 0.717) is 6.42 Å². The van der Waals surface area contributed by atoms with Crippen molar-refractivity contribution in [2.75, 3.05) is 6.54 Å². The first kappa shape index (κ1) is 18.1. The molecule has 0 aromatic carbocycles. The molecule has 0 aliphatic rings. The van der Waals surface area contributed by atoms with Gasteiger partial charge in [0.05, 0.1) is 11.7 Å². The molecule has 0 bridgehead atoms. The zero-order valence-corrected chi connectivity index (χ0v) is 15.1. The smallest absolute Gasteiger partial charge is 0.220 e. The lowest BCUT2D eigenvalue weighted by atomic mass is 10.1. The number of aromatic nitrogens is 3. The van der Waals surface area contributed by atoms with Crippen LogP contribution in [0.15, 0.2) is 55.2 Å². The molecular weight excluding hydrogens is 324 g/mol. The van der Waals surface area contributed by atoms with Crippen molar-refractivity contribution >= 4 is 16.8 Å². The number of carbonyl (C=O) groups excluding carboxylic acids is 1. The van der Waals surface area contributed by atoms with E-state index in [2.05, 4.69) is 32.1 Å². The number of aryl methyl sites for hydroxylation is 2. The van der Waals surface area contributed by atoms with Gasteiger partial charge in [-0.3, -0.25) is 14.8 Å². The Kier molecular flexibility index (Phi) is 6.76. The van der Waals surface area contributed by atoms with Gasteiger partial charge in [0.15, 0.2) is 0 Å².